The van der Waals surface area contributed by atoms with E-state index in [2.05, 4.69) is 20.4 Å². The van der Waals surface area contributed by atoms with Crippen molar-refractivity contribution in [2.24, 2.45) is 11.7 Å². The van der Waals surface area contributed by atoms with E-state index in [9.17, 15) is 4.79 Å². The highest BCUT2D eigenvalue weighted by Crippen LogP contribution is 2.09. The van der Waals surface area contributed by atoms with Crippen LogP contribution in [0.15, 0.2) is 31.0 Å². The van der Waals surface area contributed by atoms with Crippen molar-refractivity contribution in [2.75, 3.05) is 11.9 Å². The Labute approximate surface area is 104 Å². The Balaban J connectivity index is 2.06. The third-order valence-corrected chi connectivity index (χ3v) is 2.47. The molecular formula is C11H14N6O. The number of aromatic nitrogens is 4. The van der Waals surface area contributed by atoms with Crippen molar-refractivity contribution in [1.82, 2.24) is 19.7 Å². The van der Waals surface area contributed by atoms with Crippen LogP contribution in [0.3, 0.4) is 0 Å². The summed E-state index contributed by atoms with van der Waals surface area (Å²) in [4.78, 5) is 19.6. The van der Waals surface area contributed by atoms with Crippen LogP contribution in [0.5, 0.6) is 0 Å². The van der Waals surface area contributed by atoms with Crippen LogP contribution in [0.1, 0.15) is 6.92 Å². The minimum atomic E-state index is -0.222. The van der Waals surface area contributed by atoms with Crippen LogP contribution in [0.4, 0.5) is 5.69 Å². The summed E-state index contributed by atoms with van der Waals surface area (Å²) in [5.41, 5.74) is 6.05. The number of hydrogen-bond acceptors (Lipinski definition) is 5. The van der Waals surface area contributed by atoms with Crippen molar-refractivity contribution in [3.63, 3.8) is 0 Å². The van der Waals surface area contributed by atoms with E-state index in [0.717, 1.165) is 0 Å². The zero-order chi connectivity index (χ0) is 13.0. The van der Waals surface area contributed by atoms with Gasteiger partial charge in [0, 0.05) is 12.5 Å². The molecule has 7 heteroatoms. The lowest BCUT2D eigenvalue weighted by atomic mass is 10.1. The molecule has 0 saturated heterocycles. The minimum absolute atomic E-state index is 0.118. The molecule has 2 rings (SSSR count). The second kappa shape index (κ2) is 5.37. The van der Waals surface area contributed by atoms with Gasteiger partial charge in [-0.25, -0.2) is 14.6 Å². The molecule has 2 aromatic heterocycles. The van der Waals surface area contributed by atoms with Gasteiger partial charge in [-0.2, -0.15) is 5.10 Å². The van der Waals surface area contributed by atoms with Crippen LogP contribution in [-0.4, -0.2) is 32.2 Å². The monoisotopic (exact) mass is 246 g/mol. The molecule has 7 nitrogen and oxygen atoms in total. The molecule has 2 aromatic rings. The van der Waals surface area contributed by atoms with Crippen LogP contribution in [0.25, 0.3) is 5.82 Å². The van der Waals surface area contributed by atoms with Crippen molar-refractivity contribution in [3.05, 3.63) is 31.0 Å². The number of anilines is 1. The Morgan fingerprint density at radius 2 is 2.39 bits per heavy atom. The number of nitrogens with one attached hydrogen (secondary N) is 1. The maximum atomic E-state index is 11.6. The molecule has 18 heavy (non-hydrogen) atoms. The Hall–Kier alpha value is -2.28. The van der Waals surface area contributed by atoms with E-state index in [-0.39, 0.29) is 11.8 Å². The highest BCUT2D eigenvalue weighted by atomic mass is 16.1. The molecule has 0 fully saturated rings. The highest BCUT2D eigenvalue weighted by molar-refractivity contribution is 5.92. The molecule has 0 radical (unpaired) electrons. The second-order valence-electron chi connectivity index (χ2n) is 3.87. The summed E-state index contributed by atoms with van der Waals surface area (Å²) in [7, 11) is 0. The summed E-state index contributed by atoms with van der Waals surface area (Å²) in [5.74, 6) is 0.296. The number of nitrogens with zero attached hydrogens (tertiary/aromatic N) is 4. The standard InChI is InChI=1S/C11H14N6O/c1-8(4-12)11(18)16-9-2-3-10(14-5-9)17-7-13-6-15-17/h2-3,5-8H,4,12H2,1H3,(H,16,18). The molecular weight excluding hydrogens is 232 g/mol. The number of pyridine rings is 1. The first-order valence-electron chi connectivity index (χ1n) is 5.52. The fourth-order valence-corrected chi connectivity index (χ4v) is 1.29. The van der Waals surface area contributed by atoms with Crippen LogP contribution in [-0.2, 0) is 4.79 Å². The summed E-state index contributed by atoms with van der Waals surface area (Å²) in [6.45, 7) is 2.09. The topological polar surface area (TPSA) is 98.7 Å². The summed E-state index contributed by atoms with van der Waals surface area (Å²) in [6.07, 6.45) is 4.55. The van der Waals surface area contributed by atoms with E-state index < -0.39 is 0 Å². The molecule has 0 aliphatic carbocycles. The first kappa shape index (κ1) is 12.2. The zero-order valence-corrected chi connectivity index (χ0v) is 9.95. The predicted molar refractivity (Wildman–Crippen MR) is 66.0 cm³/mol. The van der Waals surface area contributed by atoms with Gasteiger partial charge in [0.2, 0.25) is 5.91 Å². The molecule has 94 valence electrons. The first-order chi connectivity index (χ1) is 8.70. The Kier molecular flexibility index (Phi) is 3.63. The zero-order valence-electron chi connectivity index (χ0n) is 9.95. The van der Waals surface area contributed by atoms with Gasteiger partial charge in [-0.05, 0) is 12.1 Å². The van der Waals surface area contributed by atoms with Gasteiger partial charge in [0.15, 0.2) is 5.82 Å². The van der Waals surface area contributed by atoms with Crippen molar-refractivity contribution in [2.45, 2.75) is 6.92 Å². The normalized spacial score (nSPS) is 12.1. The quantitative estimate of drug-likeness (QED) is 0.802. The molecule has 1 amide bonds. The molecule has 2 heterocycles. The number of hydrogen-bond donors (Lipinski definition) is 2. The van der Waals surface area contributed by atoms with Gasteiger partial charge in [0.05, 0.1) is 11.9 Å². The lowest BCUT2D eigenvalue weighted by Gasteiger charge is -2.09. The van der Waals surface area contributed by atoms with E-state index in [4.69, 9.17) is 5.73 Å². The molecule has 0 bridgehead atoms. The fourth-order valence-electron chi connectivity index (χ4n) is 1.29. The van der Waals surface area contributed by atoms with Crippen LogP contribution in [0.2, 0.25) is 0 Å². The number of carbonyl (C=O) groups excluding carboxylic acids is 1. The van der Waals surface area contributed by atoms with E-state index in [1.54, 1.807) is 31.6 Å². The van der Waals surface area contributed by atoms with E-state index >= 15 is 0 Å². The molecule has 0 aliphatic rings. The van der Waals surface area contributed by atoms with Crippen molar-refractivity contribution < 1.29 is 4.79 Å². The van der Waals surface area contributed by atoms with Crippen molar-refractivity contribution in [1.29, 1.82) is 0 Å². The predicted octanol–water partition coefficient (Wildman–Crippen LogP) is 0.196. The van der Waals surface area contributed by atoms with Crippen LogP contribution >= 0.6 is 0 Å². The lowest BCUT2D eigenvalue weighted by Crippen LogP contribution is -2.26. The molecule has 1 unspecified atom stereocenters. The maximum Gasteiger partial charge on any atom is 0.228 e. The molecule has 0 aromatic carbocycles. The molecule has 3 N–H and O–H groups in total. The summed E-state index contributed by atoms with van der Waals surface area (Å²) in [5, 5.41) is 6.70. The van der Waals surface area contributed by atoms with Gasteiger partial charge in [0.1, 0.15) is 12.7 Å². The van der Waals surface area contributed by atoms with Gasteiger partial charge in [-0.1, -0.05) is 6.92 Å². The summed E-state index contributed by atoms with van der Waals surface area (Å²) >= 11 is 0. The number of carbonyl (C=O) groups is 1. The van der Waals surface area contributed by atoms with Gasteiger partial charge >= 0.3 is 0 Å². The van der Waals surface area contributed by atoms with Gasteiger partial charge in [-0.15, -0.1) is 0 Å². The molecule has 0 spiro atoms. The van der Waals surface area contributed by atoms with E-state index in [1.165, 1.54) is 11.0 Å². The number of amides is 1. The summed E-state index contributed by atoms with van der Waals surface area (Å²) < 4.78 is 1.54. The maximum absolute atomic E-state index is 11.6. The van der Waals surface area contributed by atoms with E-state index in [0.29, 0.717) is 18.1 Å². The smallest absolute Gasteiger partial charge is 0.228 e. The minimum Gasteiger partial charge on any atom is -0.330 e. The van der Waals surface area contributed by atoms with Gasteiger partial charge < -0.3 is 11.1 Å². The molecule has 1 atom stereocenters. The fraction of sp³-hybridized carbons (Fsp3) is 0.273. The highest BCUT2D eigenvalue weighted by Gasteiger charge is 2.10. The van der Waals surface area contributed by atoms with Crippen LogP contribution < -0.4 is 11.1 Å². The SMILES string of the molecule is CC(CN)C(=O)Nc1ccc(-n2cncn2)nc1. The van der Waals surface area contributed by atoms with Crippen molar-refractivity contribution in [3.8, 4) is 5.82 Å². The Morgan fingerprint density at radius 3 is 2.94 bits per heavy atom. The van der Waals surface area contributed by atoms with Crippen LogP contribution in [0, 0.1) is 5.92 Å². The lowest BCUT2D eigenvalue weighted by molar-refractivity contribution is -0.119. The number of rotatable bonds is 4. The number of nitrogens with two attached hydrogens (primary N) is 1. The van der Waals surface area contributed by atoms with Gasteiger partial charge in [-0.3, -0.25) is 4.79 Å². The second-order valence-corrected chi connectivity index (χ2v) is 3.87. The molecule has 0 saturated carbocycles. The first-order valence-corrected chi connectivity index (χ1v) is 5.52. The average Bonchev–Trinajstić information content (AvgIpc) is 2.92. The Morgan fingerprint density at radius 1 is 1.56 bits per heavy atom. The summed E-state index contributed by atoms with van der Waals surface area (Å²) in [6, 6.07) is 3.50. The molecule has 0 aliphatic heterocycles. The Bertz CT molecular complexity index is 507. The largest absolute Gasteiger partial charge is 0.330 e. The van der Waals surface area contributed by atoms with Crippen molar-refractivity contribution >= 4 is 11.6 Å². The van der Waals surface area contributed by atoms with E-state index in [1.807, 2.05) is 0 Å². The third-order valence-electron chi connectivity index (χ3n) is 2.47. The average molecular weight is 246 g/mol. The third kappa shape index (κ3) is 2.69. The van der Waals surface area contributed by atoms with Gasteiger partial charge in [0.25, 0.3) is 0 Å².